The fourth-order valence-corrected chi connectivity index (χ4v) is 9.92. The van der Waals surface area contributed by atoms with Gasteiger partial charge in [0.1, 0.15) is 24.4 Å². The number of aromatic nitrogens is 3. The first-order valence-corrected chi connectivity index (χ1v) is 13.1. The third kappa shape index (κ3) is 4.12. The molecule has 0 fully saturated rings. The summed E-state index contributed by atoms with van der Waals surface area (Å²) >= 11 is 13.6. The van der Waals surface area contributed by atoms with E-state index in [4.69, 9.17) is 23.2 Å². The number of rotatable bonds is 4. The SMILES string of the molecule is CSc1nc(Cl)c2c(C#C[Si](C(C)C)(C(C)C)C(C)C)nc(Cl)c(F)c2n1. The quantitative estimate of drug-likeness (QED) is 0.130. The Bertz CT molecular complexity index is 901. The second kappa shape index (κ2) is 8.65. The minimum absolute atomic E-state index is 0.0644. The van der Waals surface area contributed by atoms with Crippen LogP contribution in [0.15, 0.2) is 5.16 Å². The predicted molar refractivity (Wildman–Crippen MR) is 117 cm³/mol. The van der Waals surface area contributed by atoms with Crippen LogP contribution in [0.3, 0.4) is 0 Å². The van der Waals surface area contributed by atoms with E-state index in [9.17, 15) is 4.39 Å². The maximum absolute atomic E-state index is 14.5. The normalized spacial score (nSPS) is 12.2. The average molecular weight is 444 g/mol. The van der Waals surface area contributed by atoms with Gasteiger partial charge in [0.05, 0.1) is 5.39 Å². The Morgan fingerprint density at radius 1 is 0.926 bits per heavy atom. The van der Waals surface area contributed by atoms with Crippen LogP contribution < -0.4 is 0 Å². The van der Waals surface area contributed by atoms with E-state index in [0.717, 1.165) is 0 Å². The molecule has 2 aromatic rings. The molecule has 0 spiro atoms. The maximum Gasteiger partial charge on any atom is 0.189 e. The van der Waals surface area contributed by atoms with E-state index < -0.39 is 13.9 Å². The van der Waals surface area contributed by atoms with Crippen LogP contribution in [0.4, 0.5) is 4.39 Å². The minimum atomic E-state index is -1.99. The molecule has 2 heterocycles. The summed E-state index contributed by atoms with van der Waals surface area (Å²) in [6.45, 7) is 13.4. The highest BCUT2D eigenvalue weighted by Crippen LogP contribution is 2.41. The van der Waals surface area contributed by atoms with Crippen molar-refractivity contribution in [2.75, 3.05) is 6.26 Å². The van der Waals surface area contributed by atoms with E-state index >= 15 is 0 Å². The largest absolute Gasteiger partial charge is 0.224 e. The summed E-state index contributed by atoms with van der Waals surface area (Å²) in [5.74, 6) is 2.50. The lowest BCUT2D eigenvalue weighted by Crippen LogP contribution is -2.43. The first kappa shape index (κ1) is 22.4. The van der Waals surface area contributed by atoms with Gasteiger partial charge in [0, 0.05) is 0 Å². The van der Waals surface area contributed by atoms with Gasteiger partial charge in [-0.15, -0.1) is 5.54 Å². The summed E-state index contributed by atoms with van der Waals surface area (Å²) in [6.07, 6.45) is 1.80. The van der Waals surface area contributed by atoms with Gasteiger partial charge in [-0.3, -0.25) is 0 Å². The predicted octanol–water partition coefficient (Wildman–Crippen LogP) is 6.76. The molecular weight excluding hydrogens is 420 g/mol. The van der Waals surface area contributed by atoms with E-state index in [1.807, 2.05) is 0 Å². The Hall–Kier alpha value is -0.873. The van der Waals surface area contributed by atoms with Crippen LogP contribution in [0.1, 0.15) is 47.2 Å². The lowest BCUT2D eigenvalue weighted by molar-refractivity contribution is 0.629. The summed E-state index contributed by atoms with van der Waals surface area (Å²) in [4.78, 5) is 12.6. The minimum Gasteiger partial charge on any atom is -0.224 e. The highest BCUT2D eigenvalue weighted by Gasteiger charge is 2.41. The molecular formula is C19H24Cl2FN3SSi. The van der Waals surface area contributed by atoms with Crippen molar-refractivity contribution in [2.24, 2.45) is 0 Å². The van der Waals surface area contributed by atoms with Gasteiger partial charge in [-0.25, -0.2) is 19.3 Å². The maximum atomic E-state index is 14.5. The Labute approximate surface area is 175 Å². The standard InChI is InChI=1S/C19H24Cl2FN3SSi/c1-10(2)27(11(3)4,12(5)6)9-8-13-14-16(15(22)18(21)23-13)24-19(26-7)25-17(14)20/h10-12H,1-7H3. The number of halogens is 3. The van der Waals surface area contributed by atoms with E-state index in [1.54, 1.807) is 6.26 Å². The molecule has 8 heteroatoms. The van der Waals surface area contributed by atoms with E-state index in [-0.39, 0.29) is 15.8 Å². The van der Waals surface area contributed by atoms with Gasteiger partial charge in [-0.2, -0.15) is 0 Å². The van der Waals surface area contributed by atoms with Crippen LogP contribution >= 0.6 is 35.0 Å². The molecule has 0 bridgehead atoms. The fourth-order valence-electron chi connectivity index (χ4n) is 3.87. The van der Waals surface area contributed by atoms with Crippen LogP contribution in [0.2, 0.25) is 26.9 Å². The Morgan fingerprint density at radius 3 is 1.96 bits per heavy atom. The molecule has 0 aromatic carbocycles. The molecule has 0 saturated carbocycles. The van der Waals surface area contributed by atoms with Gasteiger partial charge in [-0.1, -0.05) is 82.4 Å². The Balaban J connectivity index is 2.82. The first-order valence-electron chi connectivity index (χ1n) is 8.85. The van der Waals surface area contributed by atoms with Crippen molar-refractivity contribution >= 4 is 53.9 Å². The average Bonchev–Trinajstić information content (AvgIpc) is 2.58. The van der Waals surface area contributed by atoms with Gasteiger partial charge in [0.15, 0.2) is 16.1 Å². The molecule has 0 aliphatic rings. The summed E-state index contributed by atoms with van der Waals surface area (Å²) in [5, 5.41) is 0.591. The van der Waals surface area contributed by atoms with Crippen LogP contribution in [0, 0.1) is 17.3 Å². The second-order valence-electron chi connectivity index (χ2n) is 7.44. The number of hydrogen-bond acceptors (Lipinski definition) is 4. The molecule has 2 rings (SSSR count). The summed E-state index contributed by atoms with van der Waals surface area (Å²) in [7, 11) is -1.99. The third-order valence-electron chi connectivity index (χ3n) is 5.13. The van der Waals surface area contributed by atoms with E-state index in [1.165, 1.54) is 11.8 Å². The van der Waals surface area contributed by atoms with Crippen molar-refractivity contribution in [3.05, 3.63) is 21.8 Å². The lowest BCUT2D eigenvalue weighted by Gasteiger charge is -2.38. The molecule has 0 aliphatic carbocycles. The number of fused-ring (bicyclic) bond motifs is 1. The summed E-state index contributed by atoms with van der Waals surface area (Å²) in [5.41, 5.74) is 5.35. The zero-order chi connectivity index (χ0) is 20.5. The van der Waals surface area contributed by atoms with Crippen molar-refractivity contribution in [1.82, 2.24) is 15.0 Å². The number of hydrogen-bond donors (Lipinski definition) is 0. The van der Waals surface area contributed by atoms with Gasteiger partial charge in [0.25, 0.3) is 0 Å². The monoisotopic (exact) mass is 443 g/mol. The smallest absolute Gasteiger partial charge is 0.189 e. The molecule has 0 saturated heterocycles. The highest BCUT2D eigenvalue weighted by molar-refractivity contribution is 7.98. The highest BCUT2D eigenvalue weighted by atomic mass is 35.5. The zero-order valence-corrected chi connectivity index (χ0v) is 19.9. The first-order chi connectivity index (χ1) is 12.6. The molecule has 0 radical (unpaired) electrons. The van der Waals surface area contributed by atoms with Gasteiger partial charge in [0.2, 0.25) is 0 Å². The molecule has 27 heavy (non-hydrogen) atoms. The van der Waals surface area contributed by atoms with Gasteiger partial charge in [-0.05, 0) is 22.9 Å². The second-order valence-corrected chi connectivity index (χ2v) is 14.5. The number of thioether (sulfide) groups is 1. The molecule has 0 aliphatic heterocycles. The van der Waals surface area contributed by atoms with Crippen molar-refractivity contribution < 1.29 is 4.39 Å². The summed E-state index contributed by atoms with van der Waals surface area (Å²) in [6, 6.07) is 0. The number of pyridine rings is 1. The molecule has 2 aromatic heterocycles. The Kier molecular flexibility index (Phi) is 7.18. The van der Waals surface area contributed by atoms with Crippen molar-refractivity contribution in [3.8, 4) is 11.5 Å². The Morgan fingerprint density at radius 2 is 1.48 bits per heavy atom. The molecule has 146 valence electrons. The van der Waals surface area contributed by atoms with Crippen LogP contribution in [-0.2, 0) is 0 Å². The van der Waals surface area contributed by atoms with Gasteiger partial charge >= 0.3 is 0 Å². The van der Waals surface area contributed by atoms with E-state index in [2.05, 4.69) is 68.0 Å². The topological polar surface area (TPSA) is 38.7 Å². The lowest BCUT2D eigenvalue weighted by atomic mass is 10.2. The van der Waals surface area contributed by atoms with Gasteiger partial charge < -0.3 is 0 Å². The van der Waals surface area contributed by atoms with Crippen molar-refractivity contribution in [2.45, 2.75) is 63.3 Å². The van der Waals surface area contributed by atoms with Crippen LogP contribution in [0.25, 0.3) is 10.9 Å². The van der Waals surface area contributed by atoms with Crippen LogP contribution in [0.5, 0.6) is 0 Å². The zero-order valence-electron chi connectivity index (χ0n) is 16.6. The summed E-state index contributed by atoms with van der Waals surface area (Å²) < 4.78 is 14.5. The molecule has 0 unspecified atom stereocenters. The molecule has 3 nitrogen and oxygen atoms in total. The molecule has 0 N–H and O–H groups in total. The molecule has 0 atom stereocenters. The van der Waals surface area contributed by atoms with E-state index in [0.29, 0.717) is 32.9 Å². The van der Waals surface area contributed by atoms with Crippen molar-refractivity contribution in [1.29, 1.82) is 0 Å². The third-order valence-corrected chi connectivity index (χ3v) is 12.5. The fraction of sp³-hybridized carbons (Fsp3) is 0.526. The number of nitrogens with zero attached hydrogens (tertiary/aromatic N) is 3. The molecule has 0 amide bonds. The van der Waals surface area contributed by atoms with Crippen molar-refractivity contribution in [3.63, 3.8) is 0 Å². The van der Waals surface area contributed by atoms with Crippen LogP contribution in [-0.4, -0.2) is 29.3 Å².